The van der Waals surface area contributed by atoms with Crippen molar-refractivity contribution < 1.29 is 14.5 Å². The predicted octanol–water partition coefficient (Wildman–Crippen LogP) is 5.85. The standard InChI is InChI=1S/C31H52N6O3P2S2/c1-23-26(33-29(43-23)24-12-15-32-16-13-24)14-17-40-27-11-10-25(44-27)18-28(41(38)34(6)19-30(2,3)20-35(41)7)42(39)36(8)21-31(4,5)22-37(42)9/h10-13,15-16,28,38-39,41-42H,14,17-22H2,1-9H3. The van der Waals surface area contributed by atoms with Gasteiger partial charge >= 0.3 is 244 Å². The summed E-state index contributed by atoms with van der Waals surface area (Å²) in [5, 5.41) is 1.60. The van der Waals surface area contributed by atoms with Gasteiger partial charge in [-0.1, -0.05) is 0 Å². The molecule has 9 nitrogen and oxygen atoms in total. The van der Waals surface area contributed by atoms with Gasteiger partial charge in [-0.2, -0.15) is 0 Å². The van der Waals surface area contributed by atoms with Crippen molar-refractivity contribution in [1.29, 1.82) is 0 Å². The third-order valence-corrected chi connectivity index (χ3v) is 21.1. The van der Waals surface area contributed by atoms with Crippen LogP contribution in [0.3, 0.4) is 0 Å². The number of hydrogen-bond acceptors (Lipinski definition) is 11. The number of aromatic nitrogens is 2. The van der Waals surface area contributed by atoms with Crippen LogP contribution in [0, 0.1) is 17.8 Å². The van der Waals surface area contributed by atoms with Crippen molar-refractivity contribution >= 4 is 38.3 Å². The van der Waals surface area contributed by atoms with Gasteiger partial charge in [0.25, 0.3) is 0 Å². The van der Waals surface area contributed by atoms with Crippen LogP contribution in [0.15, 0.2) is 36.7 Å². The van der Waals surface area contributed by atoms with E-state index in [0.717, 1.165) is 58.8 Å². The Bertz CT molecular complexity index is 1360. The summed E-state index contributed by atoms with van der Waals surface area (Å²) >= 11 is 3.34. The minimum atomic E-state index is -3.28. The SMILES string of the molecule is Cc1sc(-c2ccncc2)nc1CCOc1ccc(CC([PH]2(O)N(C)CC(C)(C)CN2C)[PH]2(O)N(C)CC(C)(C)CN2C)s1. The van der Waals surface area contributed by atoms with Crippen molar-refractivity contribution in [3.8, 4) is 15.6 Å². The summed E-state index contributed by atoms with van der Waals surface area (Å²) < 4.78 is 15.1. The van der Waals surface area contributed by atoms with Crippen LogP contribution < -0.4 is 4.74 Å². The van der Waals surface area contributed by atoms with Crippen LogP contribution >= 0.6 is 38.3 Å². The topological polar surface area (TPSA) is 88.4 Å². The molecule has 0 aliphatic carbocycles. The molecule has 246 valence electrons. The summed E-state index contributed by atoms with van der Waals surface area (Å²) in [6.07, 6.45) is 4.95. The van der Waals surface area contributed by atoms with E-state index in [1.807, 2.05) is 18.2 Å². The molecule has 13 heteroatoms. The van der Waals surface area contributed by atoms with Crippen molar-refractivity contribution in [3.05, 3.63) is 52.1 Å². The Labute approximate surface area is 272 Å². The van der Waals surface area contributed by atoms with E-state index in [2.05, 4.69) is 92.5 Å². The zero-order valence-electron chi connectivity index (χ0n) is 27.8. The summed E-state index contributed by atoms with van der Waals surface area (Å²) in [6.45, 7) is 14.9. The zero-order valence-corrected chi connectivity index (χ0v) is 31.4. The molecule has 0 amide bonds. The molecule has 5 rings (SSSR count). The maximum atomic E-state index is 12.8. The van der Waals surface area contributed by atoms with Gasteiger partial charge in [0.15, 0.2) is 0 Å². The molecule has 0 aromatic carbocycles. The fourth-order valence-electron chi connectivity index (χ4n) is 7.59. The van der Waals surface area contributed by atoms with Crippen LogP contribution in [0.1, 0.15) is 43.1 Å². The van der Waals surface area contributed by atoms with Crippen molar-refractivity contribution in [2.24, 2.45) is 10.8 Å². The van der Waals surface area contributed by atoms with Gasteiger partial charge in [0.1, 0.15) is 0 Å². The molecule has 0 bridgehead atoms. The van der Waals surface area contributed by atoms with E-state index in [9.17, 15) is 9.79 Å². The van der Waals surface area contributed by atoms with Gasteiger partial charge < -0.3 is 0 Å². The minimum absolute atomic E-state index is 0.0580. The monoisotopic (exact) mass is 682 g/mol. The van der Waals surface area contributed by atoms with Gasteiger partial charge in [-0.05, 0) is 12.1 Å². The second-order valence-corrected chi connectivity index (χ2v) is 24.6. The Balaban J connectivity index is 1.35. The zero-order chi connectivity index (χ0) is 32.1. The van der Waals surface area contributed by atoms with E-state index in [4.69, 9.17) is 9.72 Å². The van der Waals surface area contributed by atoms with Gasteiger partial charge in [-0.3, -0.25) is 4.98 Å². The van der Waals surface area contributed by atoms with Gasteiger partial charge in [0.2, 0.25) is 0 Å². The van der Waals surface area contributed by atoms with Crippen LogP contribution in [0.4, 0.5) is 0 Å². The molecule has 0 saturated carbocycles. The Kier molecular flexibility index (Phi) is 9.99. The summed E-state index contributed by atoms with van der Waals surface area (Å²) in [5.74, 6) is 0. The normalized spacial score (nSPS) is 24.5. The first-order valence-electron chi connectivity index (χ1n) is 15.4. The maximum absolute atomic E-state index is 12.8. The molecule has 0 atom stereocenters. The average Bonchev–Trinajstić information content (AvgIpc) is 3.54. The Hall–Kier alpha value is -1.10. The molecule has 0 radical (unpaired) electrons. The molecular weight excluding hydrogens is 630 g/mol. The Morgan fingerprint density at radius 3 is 1.89 bits per heavy atom. The molecule has 2 saturated heterocycles. The predicted molar refractivity (Wildman–Crippen MR) is 190 cm³/mol. The van der Waals surface area contributed by atoms with Gasteiger partial charge in [-0.25, -0.2) is 0 Å². The van der Waals surface area contributed by atoms with Crippen molar-refractivity contribution in [2.75, 3.05) is 61.0 Å². The number of ether oxygens (including phenoxy) is 1. The third-order valence-electron chi connectivity index (χ3n) is 9.29. The number of thiophene rings is 1. The van der Waals surface area contributed by atoms with Crippen molar-refractivity contribution in [1.82, 2.24) is 28.6 Å². The van der Waals surface area contributed by atoms with E-state index in [-0.39, 0.29) is 16.2 Å². The van der Waals surface area contributed by atoms with Crippen LogP contribution in [0.2, 0.25) is 0 Å². The van der Waals surface area contributed by atoms with Crippen LogP contribution in [-0.2, 0) is 12.8 Å². The van der Waals surface area contributed by atoms with Crippen LogP contribution in [0.5, 0.6) is 5.06 Å². The second kappa shape index (κ2) is 12.8. The molecule has 5 heterocycles. The van der Waals surface area contributed by atoms with Crippen LogP contribution in [-0.4, -0.2) is 105 Å². The molecule has 3 aromatic heterocycles. The van der Waals surface area contributed by atoms with Crippen molar-refractivity contribution in [2.45, 2.75) is 52.9 Å². The van der Waals surface area contributed by atoms with Crippen molar-refractivity contribution in [3.63, 3.8) is 0 Å². The van der Waals surface area contributed by atoms with Gasteiger partial charge in [0, 0.05) is 12.4 Å². The molecule has 44 heavy (non-hydrogen) atoms. The number of thiazole rings is 1. The molecule has 2 aliphatic heterocycles. The molecule has 2 fully saturated rings. The fourth-order valence-corrected chi connectivity index (χ4v) is 21.4. The van der Waals surface area contributed by atoms with E-state index in [1.165, 1.54) is 4.88 Å². The number of pyridine rings is 1. The van der Waals surface area contributed by atoms with E-state index in [1.54, 1.807) is 35.1 Å². The van der Waals surface area contributed by atoms with Crippen LogP contribution in [0.25, 0.3) is 10.6 Å². The summed E-state index contributed by atoms with van der Waals surface area (Å²) in [5.41, 5.74) is 2.27. The molecule has 2 aliphatic rings. The molecule has 0 unspecified atom stereocenters. The Morgan fingerprint density at radius 1 is 0.841 bits per heavy atom. The number of rotatable bonds is 9. The van der Waals surface area contributed by atoms with E-state index >= 15 is 0 Å². The molecule has 2 N–H and O–H groups in total. The number of nitrogens with zero attached hydrogens (tertiary/aromatic N) is 6. The summed E-state index contributed by atoms with van der Waals surface area (Å²) in [7, 11) is 1.69. The van der Waals surface area contributed by atoms with Gasteiger partial charge in [0.05, 0.1) is 0 Å². The summed E-state index contributed by atoms with van der Waals surface area (Å²) in [4.78, 5) is 36.9. The van der Waals surface area contributed by atoms with Gasteiger partial charge in [-0.15, -0.1) is 0 Å². The first-order chi connectivity index (χ1) is 20.5. The van der Waals surface area contributed by atoms with E-state index < -0.39 is 15.6 Å². The second-order valence-electron chi connectivity index (χ2n) is 14.5. The fraction of sp³-hybridized carbons (Fsp3) is 0.613. The summed E-state index contributed by atoms with van der Waals surface area (Å²) in [6, 6.07) is 8.15. The average molecular weight is 683 g/mol. The third kappa shape index (κ3) is 6.79. The van der Waals surface area contributed by atoms with E-state index in [0.29, 0.717) is 13.0 Å². The first-order valence-corrected chi connectivity index (χ1v) is 20.9. The number of aryl methyl sites for hydroxylation is 1. The molecule has 0 spiro atoms. The quantitative estimate of drug-likeness (QED) is 0.270. The molecule has 3 aromatic rings. The number of hydrogen-bond donors (Lipinski definition) is 2. The Morgan fingerprint density at radius 2 is 1.36 bits per heavy atom. The first kappa shape index (κ1) is 34.2. The molecular formula is C31H52N6O3P2S2.